The highest BCUT2D eigenvalue weighted by Gasteiger charge is 2.58. The quantitative estimate of drug-likeness (QED) is 0.125. The van der Waals surface area contributed by atoms with Crippen LogP contribution in [0.15, 0.2) is 84.9 Å². The normalized spacial score (nSPS) is 15.4. The van der Waals surface area contributed by atoms with Crippen molar-refractivity contribution < 1.29 is 51.9 Å². The Morgan fingerprint density at radius 1 is 1.00 bits per heavy atom. The van der Waals surface area contributed by atoms with E-state index >= 15 is 0 Å². The Hall–Kier alpha value is -5.21. The number of hydrogen-bond donors (Lipinski definition) is 4. The standard InChI is InChI=1S/C36H35F4N3O7/c1-22(44)20-50-29-13-10-25(16-30(29)49-2)32(45)41-21-35(48,36(38,39)40)31-18-26(17-28(42-31)24-8-11-27(37)12-9-24)34(14-15-34)43(33(46)47)19-23-6-4-3-5-7-23/h3-13,16-18,22,44,48H,14-15,19-21H2,1-2H3,(H,41,45)(H,46,47)/t22-,35?/m1/s1. The number of pyridine rings is 1. The summed E-state index contributed by atoms with van der Waals surface area (Å²) in [5.74, 6) is -1.32. The lowest BCUT2D eigenvalue weighted by Gasteiger charge is -2.34. The molecule has 2 amide bonds. The number of nitrogens with one attached hydrogen (secondary N) is 1. The molecule has 0 radical (unpaired) electrons. The first-order valence-corrected chi connectivity index (χ1v) is 15.6. The molecule has 50 heavy (non-hydrogen) atoms. The highest BCUT2D eigenvalue weighted by atomic mass is 19.4. The molecule has 1 saturated carbocycles. The average molecular weight is 698 g/mol. The molecule has 1 unspecified atom stereocenters. The van der Waals surface area contributed by atoms with E-state index in [9.17, 15) is 42.5 Å². The number of ether oxygens (including phenoxy) is 2. The van der Waals surface area contributed by atoms with Crippen molar-refractivity contribution in [2.75, 3.05) is 20.3 Å². The van der Waals surface area contributed by atoms with Gasteiger partial charge < -0.3 is 30.1 Å². The third-order valence-corrected chi connectivity index (χ3v) is 8.46. The predicted molar refractivity (Wildman–Crippen MR) is 173 cm³/mol. The van der Waals surface area contributed by atoms with Gasteiger partial charge in [-0.15, -0.1) is 0 Å². The number of hydrogen-bond acceptors (Lipinski definition) is 7. The second-order valence-corrected chi connectivity index (χ2v) is 12.1. The summed E-state index contributed by atoms with van der Waals surface area (Å²) in [4.78, 5) is 31.0. The Morgan fingerprint density at radius 3 is 2.26 bits per heavy atom. The number of alkyl halides is 3. The third kappa shape index (κ3) is 7.66. The number of amides is 2. The molecule has 1 fully saturated rings. The lowest BCUT2D eigenvalue weighted by Crippen LogP contribution is -2.51. The first-order chi connectivity index (χ1) is 23.7. The summed E-state index contributed by atoms with van der Waals surface area (Å²) in [7, 11) is 1.30. The van der Waals surface area contributed by atoms with Crippen LogP contribution in [-0.2, 0) is 17.7 Å². The van der Waals surface area contributed by atoms with Gasteiger partial charge in [0.05, 0.1) is 36.7 Å². The Labute approximate surface area is 284 Å². The van der Waals surface area contributed by atoms with Crippen molar-refractivity contribution in [2.45, 2.75) is 49.7 Å². The minimum absolute atomic E-state index is 0.0639. The van der Waals surface area contributed by atoms with E-state index in [1.165, 1.54) is 50.4 Å². The van der Waals surface area contributed by atoms with E-state index in [1.807, 2.05) is 0 Å². The fourth-order valence-corrected chi connectivity index (χ4v) is 5.57. The molecule has 4 N–H and O–H groups in total. The summed E-state index contributed by atoms with van der Waals surface area (Å²) in [6.07, 6.45) is -6.93. The van der Waals surface area contributed by atoms with E-state index in [-0.39, 0.29) is 59.9 Å². The number of carbonyl (C=O) groups excluding carboxylic acids is 1. The summed E-state index contributed by atoms with van der Waals surface area (Å²) < 4.78 is 69.2. The summed E-state index contributed by atoms with van der Waals surface area (Å²) >= 11 is 0. The van der Waals surface area contributed by atoms with E-state index in [0.29, 0.717) is 5.56 Å². The van der Waals surface area contributed by atoms with E-state index < -0.39 is 53.5 Å². The van der Waals surface area contributed by atoms with E-state index in [1.54, 1.807) is 30.3 Å². The van der Waals surface area contributed by atoms with Gasteiger partial charge in [-0.05, 0) is 85.5 Å². The van der Waals surface area contributed by atoms with Crippen LogP contribution in [0, 0.1) is 5.82 Å². The van der Waals surface area contributed by atoms with Crippen molar-refractivity contribution in [1.82, 2.24) is 15.2 Å². The smallest absolute Gasteiger partial charge is 0.424 e. The fourth-order valence-electron chi connectivity index (χ4n) is 5.57. The number of aliphatic hydroxyl groups excluding tert-OH is 1. The molecule has 0 saturated heterocycles. The van der Waals surface area contributed by atoms with Gasteiger partial charge in [-0.3, -0.25) is 9.69 Å². The molecule has 14 heteroatoms. The molecule has 1 aliphatic carbocycles. The highest BCUT2D eigenvalue weighted by Crippen LogP contribution is 2.53. The van der Waals surface area contributed by atoms with E-state index in [0.717, 1.165) is 23.1 Å². The first-order valence-electron chi connectivity index (χ1n) is 15.6. The van der Waals surface area contributed by atoms with Gasteiger partial charge >= 0.3 is 12.3 Å². The van der Waals surface area contributed by atoms with Crippen LogP contribution in [0.2, 0.25) is 0 Å². The molecule has 2 atom stereocenters. The molecule has 3 aromatic carbocycles. The van der Waals surface area contributed by atoms with Crippen LogP contribution in [0.1, 0.15) is 46.9 Å². The average Bonchev–Trinajstić information content (AvgIpc) is 3.90. The summed E-state index contributed by atoms with van der Waals surface area (Å²) in [5, 5.41) is 33.3. The van der Waals surface area contributed by atoms with Gasteiger partial charge in [-0.2, -0.15) is 13.2 Å². The number of carboxylic acid groups (broad SMARTS) is 1. The van der Waals surface area contributed by atoms with Crippen LogP contribution in [-0.4, -0.2) is 69.7 Å². The monoisotopic (exact) mass is 697 g/mol. The topological polar surface area (TPSA) is 141 Å². The SMILES string of the molecule is COc1cc(C(=O)NCC(O)(c2cc(C3(N(Cc4ccccc4)C(=O)O)CC3)cc(-c3ccc(F)cc3)n2)C(F)(F)F)ccc1OC[C@@H](C)O. The molecule has 4 aromatic rings. The summed E-state index contributed by atoms with van der Waals surface area (Å²) in [5.41, 5.74) is -5.06. The maximum atomic E-state index is 14.9. The van der Waals surface area contributed by atoms with Gasteiger partial charge in [-0.25, -0.2) is 14.2 Å². The molecule has 0 bridgehead atoms. The van der Waals surface area contributed by atoms with Crippen molar-refractivity contribution in [1.29, 1.82) is 0 Å². The largest absolute Gasteiger partial charge is 0.493 e. The Morgan fingerprint density at radius 2 is 1.68 bits per heavy atom. The van der Waals surface area contributed by atoms with Crippen LogP contribution < -0.4 is 14.8 Å². The molecule has 0 aliphatic heterocycles. The van der Waals surface area contributed by atoms with Crippen molar-refractivity contribution in [3.05, 3.63) is 113 Å². The number of nitrogens with zero attached hydrogens (tertiary/aromatic N) is 2. The van der Waals surface area contributed by atoms with Gasteiger partial charge in [-0.1, -0.05) is 30.3 Å². The van der Waals surface area contributed by atoms with Crippen LogP contribution in [0.5, 0.6) is 11.5 Å². The summed E-state index contributed by atoms with van der Waals surface area (Å²) in [6.45, 7) is -0.00654. The maximum absolute atomic E-state index is 14.9. The highest BCUT2D eigenvalue weighted by molar-refractivity contribution is 5.95. The number of benzene rings is 3. The van der Waals surface area contributed by atoms with Gasteiger partial charge in [0, 0.05) is 17.7 Å². The number of methoxy groups -OCH3 is 1. The number of aliphatic hydroxyl groups is 2. The molecular weight excluding hydrogens is 662 g/mol. The summed E-state index contributed by atoms with van der Waals surface area (Å²) in [6, 6.07) is 19.8. The van der Waals surface area contributed by atoms with Gasteiger partial charge in [0.25, 0.3) is 5.91 Å². The maximum Gasteiger partial charge on any atom is 0.424 e. The molecule has 1 aromatic heterocycles. The number of carbonyl (C=O) groups is 2. The number of aromatic nitrogens is 1. The van der Waals surface area contributed by atoms with E-state index in [4.69, 9.17) is 9.47 Å². The lowest BCUT2D eigenvalue weighted by molar-refractivity contribution is -0.265. The van der Waals surface area contributed by atoms with Crippen LogP contribution in [0.25, 0.3) is 11.3 Å². The van der Waals surface area contributed by atoms with Crippen LogP contribution in [0.4, 0.5) is 22.4 Å². The van der Waals surface area contributed by atoms with E-state index in [2.05, 4.69) is 10.3 Å². The number of halogens is 4. The Bertz CT molecular complexity index is 1830. The molecule has 264 valence electrons. The van der Waals surface area contributed by atoms with Crippen LogP contribution in [0.3, 0.4) is 0 Å². The third-order valence-electron chi connectivity index (χ3n) is 8.46. The van der Waals surface area contributed by atoms with Gasteiger partial charge in [0.2, 0.25) is 5.60 Å². The lowest BCUT2D eigenvalue weighted by atomic mass is 9.92. The predicted octanol–water partition coefficient (Wildman–Crippen LogP) is 6.01. The minimum atomic E-state index is -5.38. The van der Waals surface area contributed by atoms with Gasteiger partial charge in [0.1, 0.15) is 12.4 Å². The zero-order valence-electron chi connectivity index (χ0n) is 27.1. The van der Waals surface area contributed by atoms with Crippen molar-refractivity contribution in [3.63, 3.8) is 0 Å². The van der Waals surface area contributed by atoms with Crippen molar-refractivity contribution in [3.8, 4) is 22.8 Å². The molecule has 1 aliphatic rings. The molecule has 0 spiro atoms. The second kappa shape index (κ2) is 14.3. The van der Waals surface area contributed by atoms with Crippen molar-refractivity contribution in [2.24, 2.45) is 0 Å². The first kappa shape index (κ1) is 36.1. The number of rotatable bonds is 13. The molecule has 10 nitrogen and oxygen atoms in total. The molecule has 5 rings (SSSR count). The fraction of sp³-hybridized carbons (Fsp3) is 0.306. The second-order valence-electron chi connectivity index (χ2n) is 12.1. The zero-order chi connectivity index (χ0) is 36.3. The minimum Gasteiger partial charge on any atom is -0.493 e. The van der Waals surface area contributed by atoms with Crippen LogP contribution >= 0.6 is 0 Å². The molecule has 1 heterocycles. The Balaban J connectivity index is 1.54. The Kier molecular flexibility index (Phi) is 10.3. The molecular formula is C36H35F4N3O7. The zero-order valence-corrected chi connectivity index (χ0v) is 27.1. The van der Waals surface area contributed by atoms with Gasteiger partial charge in [0.15, 0.2) is 11.5 Å². The van der Waals surface area contributed by atoms with Crippen molar-refractivity contribution >= 4 is 12.0 Å².